The highest BCUT2D eigenvalue weighted by Gasteiger charge is 2.23. The van der Waals surface area contributed by atoms with Crippen LogP contribution in [-0.2, 0) is 14.8 Å². The minimum Gasteiger partial charge on any atom is -0.550 e. The number of methoxy groups -OCH3 is 1. The lowest BCUT2D eigenvalue weighted by Crippen LogP contribution is -2.34. The van der Waals surface area contributed by atoms with E-state index in [0.29, 0.717) is 23.7 Å². The van der Waals surface area contributed by atoms with E-state index >= 15 is 0 Å². The molecule has 1 N–H and O–H groups in total. The molecule has 0 amide bonds. The largest absolute Gasteiger partial charge is 0.550 e. The summed E-state index contributed by atoms with van der Waals surface area (Å²) < 4.78 is 38.4. The molecule has 2 rings (SSSR count). The van der Waals surface area contributed by atoms with Gasteiger partial charge in [-0.15, -0.1) is 0 Å². The van der Waals surface area contributed by atoms with Crippen molar-refractivity contribution in [2.75, 3.05) is 13.7 Å². The maximum Gasteiger partial charge on any atom is 0.241 e. The predicted octanol–water partition coefficient (Wildman–Crippen LogP) is 1.56. The first-order valence-corrected chi connectivity index (χ1v) is 9.84. The van der Waals surface area contributed by atoms with Crippen LogP contribution in [-0.4, -0.2) is 28.1 Å². The lowest BCUT2D eigenvalue weighted by molar-refractivity contribution is -0.306. The molecule has 0 aliphatic rings. The molecular weight excluding hydrogens is 370 g/mol. The number of ether oxygens (including phenoxy) is 2. The van der Waals surface area contributed by atoms with Crippen LogP contribution in [0.15, 0.2) is 47.4 Å². The third kappa shape index (κ3) is 5.45. The molecule has 146 valence electrons. The summed E-state index contributed by atoms with van der Waals surface area (Å²) in [5, 5.41) is 11.2. The van der Waals surface area contributed by atoms with E-state index < -0.39 is 28.5 Å². The monoisotopic (exact) mass is 392 g/mol. The van der Waals surface area contributed by atoms with E-state index in [1.807, 2.05) is 13.8 Å². The molecule has 0 saturated carbocycles. The molecule has 27 heavy (non-hydrogen) atoms. The number of aliphatic carboxylic acids is 1. The van der Waals surface area contributed by atoms with Gasteiger partial charge < -0.3 is 19.4 Å². The van der Waals surface area contributed by atoms with Crippen LogP contribution in [0.25, 0.3) is 0 Å². The molecule has 7 nitrogen and oxygen atoms in total. The molecule has 0 heterocycles. The first-order valence-electron chi connectivity index (χ1n) is 8.36. The first kappa shape index (κ1) is 20.7. The molecule has 0 fully saturated rings. The highest BCUT2D eigenvalue weighted by Crippen LogP contribution is 2.32. The molecule has 0 aliphatic carbocycles. The number of sulfonamides is 1. The van der Waals surface area contributed by atoms with Gasteiger partial charge in [0.05, 0.1) is 24.7 Å². The van der Waals surface area contributed by atoms with Crippen molar-refractivity contribution in [1.29, 1.82) is 0 Å². The molecule has 0 aliphatic heterocycles. The van der Waals surface area contributed by atoms with Crippen LogP contribution in [0.5, 0.6) is 11.5 Å². The summed E-state index contributed by atoms with van der Waals surface area (Å²) >= 11 is 0. The highest BCUT2D eigenvalue weighted by molar-refractivity contribution is 7.89. The van der Waals surface area contributed by atoms with E-state index in [0.717, 1.165) is 5.56 Å². The van der Waals surface area contributed by atoms with Gasteiger partial charge in [0.2, 0.25) is 10.0 Å². The van der Waals surface area contributed by atoms with Crippen molar-refractivity contribution in [3.8, 4) is 11.5 Å². The number of carboxylic acid groups (broad SMARTS) is 1. The van der Waals surface area contributed by atoms with Crippen molar-refractivity contribution in [2.45, 2.75) is 31.2 Å². The third-order valence-electron chi connectivity index (χ3n) is 3.89. The normalized spacial score (nSPS) is 12.4. The molecule has 0 radical (unpaired) electrons. The molecule has 1 atom stereocenters. The van der Waals surface area contributed by atoms with E-state index in [1.165, 1.54) is 19.2 Å². The Bertz CT molecular complexity index is 893. The average molecular weight is 392 g/mol. The summed E-state index contributed by atoms with van der Waals surface area (Å²) in [7, 11) is -2.47. The number of carboxylic acids is 1. The van der Waals surface area contributed by atoms with Gasteiger partial charge in [-0.2, -0.15) is 0 Å². The molecular formula is C19H22NO6S-. The summed E-state index contributed by atoms with van der Waals surface area (Å²) in [6, 6.07) is 10.0. The van der Waals surface area contributed by atoms with Gasteiger partial charge in [-0.05, 0) is 43.7 Å². The van der Waals surface area contributed by atoms with Crippen LogP contribution in [0.1, 0.15) is 30.5 Å². The summed E-state index contributed by atoms with van der Waals surface area (Å²) in [6.07, 6.45) is -0.526. The maximum atomic E-state index is 12.7. The first-order chi connectivity index (χ1) is 12.8. The van der Waals surface area contributed by atoms with Crippen LogP contribution in [0.4, 0.5) is 0 Å². The van der Waals surface area contributed by atoms with Crippen LogP contribution in [0.2, 0.25) is 0 Å². The minimum atomic E-state index is -3.92. The molecule has 2 aromatic carbocycles. The molecule has 0 saturated heterocycles. The van der Waals surface area contributed by atoms with Crippen molar-refractivity contribution in [1.82, 2.24) is 4.72 Å². The Balaban J connectivity index is 2.37. The summed E-state index contributed by atoms with van der Waals surface area (Å²) in [5.74, 6) is -0.510. The number of hydrogen-bond acceptors (Lipinski definition) is 6. The number of nitrogens with one attached hydrogen (secondary N) is 1. The number of carbonyl (C=O) groups is 1. The Morgan fingerprint density at radius 2 is 1.81 bits per heavy atom. The zero-order valence-corrected chi connectivity index (χ0v) is 16.2. The second-order valence-electron chi connectivity index (χ2n) is 5.91. The molecule has 0 spiro atoms. The minimum absolute atomic E-state index is 0.0503. The average Bonchev–Trinajstić information content (AvgIpc) is 2.61. The van der Waals surface area contributed by atoms with E-state index in [4.69, 9.17) is 9.47 Å². The molecule has 0 unspecified atom stereocenters. The van der Waals surface area contributed by atoms with E-state index in [-0.39, 0.29) is 4.90 Å². The van der Waals surface area contributed by atoms with Crippen molar-refractivity contribution in [3.05, 3.63) is 53.6 Å². The Morgan fingerprint density at radius 1 is 1.15 bits per heavy atom. The standard InChI is InChI=1S/C19H23NO6S/c1-4-26-17-10-7-14(11-18(17)25-3)16(12-19(21)22)20-27(23,24)15-8-5-13(2)6-9-15/h5-11,16,20H,4,12H2,1-3H3,(H,21,22)/p-1/t16-/m1/s1. The zero-order chi connectivity index (χ0) is 20.0. The second-order valence-corrected chi connectivity index (χ2v) is 7.62. The Kier molecular flexibility index (Phi) is 6.81. The van der Waals surface area contributed by atoms with Gasteiger partial charge in [0.1, 0.15) is 0 Å². The van der Waals surface area contributed by atoms with Gasteiger partial charge in [0, 0.05) is 12.4 Å². The van der Waals surface area contributed by atoms with Gasteiger partial charge in [0.25, 0.3) is 0 Å². The summed E-state index contributed by atoms with van der Waals surface area (Å²) in [6.45, 7) is 4.09. The van der Waals surface area contributed by atoms with Crippen LogP contribution in [0, 0.1) is 6.92 Å². The third-order valence-corrected chi connectivity index (χ3v) is 5.38. The fraction of sp³-hybridized carbons (Fsp3) is 0.316. The van der Waals surface area contributed by atoms with Gasteiger partial charge >= 0.3 is 0 Å². The predicted molar refractivity (Wildman–Crippen MR) is 98.0 cm³/mol. The van der Waals surface area contributed by atoms with Crippen molar-refractivity contribution in [3.63, 3.8) is 0 Å². The maximum absolute atomic E-state index is 12.7. The Labute approximate surface area is 159 Å². The molecule has 0 aromatic heterocycles. The van der Waals surface area contributed by atoms with Crippen molar-refractivity contribution >= 4 is 16.0 Å². The number of aryl methyl sites for hydroxylation is 1. The number of carbonyl (C=O) groups excluding carboxylic acids is 1. The van der Waals surface area contributed by atoms with Crippen molar-refractivity contribution in [2.24, 2.45) is 0 Å². The van der Waals surface area contributed by atoms with Gasteiger partial charge in [-0.1, -0.05) is 23.8 Å². The Morgan fingerprint density at radius 3 is 2.37 bits per heavy atom. The second kappa shape index (κ2) is 8.88. The number of benzene rings is 2. The fourth-order valence-corrected chi connectivity index (χ4v) is 3.77. The summed E-state index contributed by atoms with van der Waals surface area (Å²) in [4.78, 5) is 11.2. The quantitative estimate of drug-likeness (QED) is 0.694. The SMILES string of the molecule is CCOc1ccc([C@@H](CC(=O)[O-])NS(=O)(=O)c2ccc(C)cc2)cc1OC. The number of hydrogen-bond donors (Lipinski definition) is 1. The van der Waals surface area contributed by atoms with Gasteiger partial charge in [-0.25, -0.2) is 13.1 Å². The molecule has 0 bridgehead atoms. The van der Waals surface area contributed by atoms with Crippen LogP contribution in [0.3, 0.4) is 0 Å². The topological polar surface area (TPSA) is 105 Å². The molecule has 8 heteroatoms. The summed E-state index contributed by atoms with van der Waals surface area (Å²) in [5.41, 5.74) is 1.34. The van der Waals surface area contributed by atoms with Gasteiger partial charge in [-0.3, -0.25) is 0 Å². The van der Waals surface area contributed by atoms with Crippen LogP contribution >= 0.6 is 0 Å². The Hall–Kier alpha value is -2.58. The fourth-order valence-electron chi connectivity index (χ4n) is 2.54. The number of rotatable bonds is 9. The van der Waals surface area contributed by atoms with E-state index in [9.17, 15) is 18.3 Å². The highest BCUT2D eigenvalue weighted by atomic mass is 32.2. The lowest BCUT2D eigenvalue weighted by Gasteiger charge is -2.21. The lowest BCUT2D eigenvalue weighted by atomic mass is 10.0. The smallest absolute Gasteiger partial charge is 0.241 e. The van der Waals surface area contributed by atoms with E-state index in [2.05, 4.69) is 4.72 Å². The van der Waals surface area contributed by atoms with Gasteiger partial charge in [0.15, 0.2) is 11.5 Å². The van der Waals surface area contributed by atoms with Crippen molar-refractivity contribution < 1.29 is 27.8 Å². The zero-order valence-electron chi connectivity index (χ0n) is 15.4. The van der Waals surface area contributed by atoms with Crippen LogP contribution < -0.4 is 19.3 Å². The molecule has 2 aromatic rings. The van der Waals surface area contributed by atoms with E-state index in [1.54, 1.807) is 30.3 Å².